The van der Waals surface area contributed by atoms with Gasteiger partial charge >= 0.3 is 6.18 Å². The zero-order chi connectivity index (χ0) is 25.4. The van der Waals surface area contributed by atoms with Gasteiger partial charge in [0.15, 0.2) is 0 Å². The van der Waals surface area contributed by atoms with E-state index in [-0.39, 0.29) is 35.9 Å². The lowest BCUT2D eigenvalue weighted by molar-refractivity contribution is -0.137. The largest absolute Gasteiger partial charge is 0.493 e. The van der Waals surface area contributed by atoms with Crippen molar-refractivity contribution in [3.8, 4) is 17.3 Å². The first-order valence-electron chi connectivity index (χ1n) is 11.5. The predicted molar refractivity (Wildman–Crippen MR) is 126 cm³/mol. The van der Waals surface area contributed by atoms with Gasteiger partial charge in [0.25, 0.3) is 5.91 Å². The number of amides is 1. The van der Waals surface area contributed by atoms with Crippen molar-refractivity contribution in [2.45, 2.75) is 44.1 Å². The Hall–Kier alpha value is -3.15. The minimum Gasteiger partial charge on any atom is -0.493 e. The van der Waals surface area contributed by atoms with Crippen LogP contribution in [0.25, 0.3) is 5.69 Å². The molecule has 12 heteroatoms. The van der Waals surface area contributed by atoms with Gasteiger partial charge in [0.1, 0.15) is 11.9 Å². The van der Waals surface area contributed by atoms with Gasteiger partial charge in [-0.3, -0.25) is 4.79 Å². The summed E-state index contributed by atoms with van der Waals surface area (Å²) in [6.07, 6.45) is 0.419. The van der Waals surface area contributed by atoms with Crippen LogP contribution in [0.2, 0.25) is 0 Å². The molecule has 1 saturated heterocycles. The van der Waals surface area contributed by atoms with Crippen LogP contribution >= 0.6 is 15.9 Å². The maximum atomic E-state index is 13.9. The van der Waals surface area contributed by atoms with Gasteiger partial charge in [-0.1, -0.05) is 15.9 Å². The van der Waals surface area contributed by atoms with E-state index < -0.39 is 11.7 Å². The monoisotopic (exact) mass is 565 g/mol. The molecule has 1 aliphatic carbocycles. The van der Waals surface area contributed by atoms with Crippen LogP contribution in [0.5, 0.6) is 11.6 Å². The van der Waals surface area contributed by atoms with E-state index in [4.69, 9.17) is 9.47 Å². The molecule has 0 unspecified atom stereocenters. The highest BCUT2D eigenvalue weighted by molar-refractivity contribution is 9.09. The van der Waals surface area contributed by atoms with E-state index >= 15 is 0 Å². The van der Waals surface area contributed by atoms with Crippen molar-refractivity contribution in [1.29, 1.82) is 0 Å². The average Bonchev–Trinajstić information content (AvgIpc) is 3.59. The number of alkyl halides is 4. The van der Waals surface area contributed by atoms with Gasteiger partial charge in [-0.2, -0.15) is 28.2 Å². The second-order valence-electron chi connectivity index (χ2n) is 8.83. The van der Waals surface area contributed by atoms with E-state index in [0.717, 1.165) is 18.7 Å². The van der Waals surface area contributed by atoms with Gasteiger partial charge < -0.3 is 14.4 Å². The summed E-state index contributed by atoms with van der Waals surface area (Å²) in [5, 5.41) is 9.01. The summed E-state index contributed by atoms with van der Waals surface area (Å²) in [5.74, 6) is 0.650. The second-order valence-corrected chi connectivity index (χ2v) is 9.62. The van der Waals surface area contributed by atoms with Crippen LogP contribution in [-0.2, 0) is 6.18 Å². The number of ether oxygens (including phenoxy) is 2. The first-order valence-corrected chi connectivity index (χ1v) is 12.6. The molecule has 0 N–H and O–H groups in total. The van der Waals surface area contributed by atoms with Crippen molar-refractivity contribution in [1.82, 2.24) is 24.9 Å². The fraction of sp³-hybridized carbons (Fsp3) is 0.417. The van der Waals surface area contributed by atoms with Crippen LogP contribution in [0.4, 0.5) is 13.2 Å². The molecule has 5 rings (SSSR count). The number of hydrogen-bond donors (Lipinski definition) is 0. The third-order valence-electron chi connectivity index (χ3n) is 6.74. The molecule has 2 bridgehead atoms. The zero-order valence-electron chi connectivity index (χ0n) is 19.2. The summed E-state index contributed by atoms with van der Waals surface area (Å²) < 4.78 is 50.3. The van der Waals surface area contributed by atoms with Gasteiger partial charge in [-0.15, -0.1) is 0 Å². The number of carbonyl (C=O) groups is 1. The molecule has 2 aromatic heterocycles. The molecular formula is C24H23BrF3N5O3. The van der Waals surface area contributed by atoms with E-state index in [1.807, 2.05) is 6.92 Å². The number of hydrogen-bond acceptors (Lipinski definition) is 6. The van der Waals surface area contributed by atoms with Crippen LogP contribution in [0.15, 0.2) is 48.9 Å². The standard InChI is InChI=1S/C24H23BrF3N5O3/c1-14-15-10-20(21(11-15)36-22-5-2-16(13-29-22)24(26,27)28)32(14)23(34)18-12-17(35-9-6-25)3-4-19(18)33-30-7-8-31-33/h2-5,7-8,12-15,20-21H,6,9-11H2,1H3/t14-,15-,20+,21-/m1/s1. The molecule has 1 aromatic carbocycles. The average molecular weight is 566 g/mol. The fourth-order valence-corrected chi connectivity index (χ4v) is 5.21. The Balaban J connectivity index is 1.41. The predicted octanol–water partition coefficient (Wildman–Crippen LogP) is 4.53. The van der Waals surface area contributed by atoms with Crippen molar-refractivity contribution < 1.29 is 27.4 Å². The zero-order valence-corrected chi connectivity index (χ0v) is 20.8. The summed E-state index contributed by atoms with van der Waals surface area (Å²) in [6.45, 7) is 2.44. The minimum absolute atomic E-state index is 0.0338. The normalized spacial score (nSPS) is 23.2. The number of benzene rings is 1. The molecule has 1 amide bonds. The molecule has 1 saturated carbocycles. The topological polar surface area (TPSA) is 82.4 Å². The number of halogens is 4. The lowest BCUT2D eigenvalue weighted by Crippen LogP contribution is -2.51. The Morgan fingerprint density at radius 3 is 2.58 bits per heavy atom. The first-order chi connectivity index (χ1) is 17.3. The highest BCUT2D eigenvalue weighted by Crippen LogP contribution is 2.45. The molecule has 8 nitrogen and oxygen atoms in total. The first kappa shape index (κ1) is 24.5. The summed E-state index contributed by atoms with van der Waals surface area (Å²) >= 11 is 3.33. The lowest BCUT2D eigenvalue weighted by atomic mass is 9.98. The smallest absolute Gasteiger partial charge is 0.417 e. The molecule has 1 aliphatic heterocycles. The van der Waals surface area contributed by atoms with Crippen LogP contribution in [-0.4, -0.2) is 60.9 Å². The quantitative estimate of drug-likeness (QED) is 0.391. The molecule has 0 spiro atoms. The number of fused-ring (bicyclic) bond motifs is 2. The molecule has 190 valence electrons. The third kappa shape index (κ3) is 4.65. The SMILES string of the molecule is C[C@@H]1[C@H]2C[C@@H](Oc3ccc(C(F)(F)F)cn3)[C@H](C2)N1C(=O)c1cc(OCCBr)ccc1-n1nccn1. The highest BCUT2D eigenvalue weighted by Gasteiger charge is 2.53. The van der Waals surface area contributed by atoms with Gasteiger partial charge in [0.2, 0.25) is 5.88 Å². The fourth-order valence-electron chi connectivity index (χ4n) is 5.05. The Labute approximate surface area is 213 Å². The Morgan fingerprint density at radius 1 is 1.17 bits per heavy atom. The van der Waals surface area contributed by atoms with E-state index in [0.29, 0.717) is 35.4 Å². The molecular weight excluding hydrogens is 543 g/mol. The summed E-state index contributed by atoms with van der Waals surface area (Å²) in [4.78, 5) is 21.0. The maximum Gasteiger partial charge on any atom is 0.417 e. The van der Waals surface area contributed by atoms with Crippen LogP contribution in [0, 0.1) is 5.92 Å². The van der Waals surface area contributed by atoms with Gasteiger partial charge in [-0.05, 0) is 49.9 Å². The van der Waals surface area contributed by atoms with Crippen LogP contribution < -0.4 is 9.47 Å². The van der Waals surface area contributed by atoms with Crippen LogP contribution in [0.1, 0.15) is 35.7 Å². The van der Waals surface area contributed by atoms with E-state index in [1.165, 1.54) is 23.3 Å². The van der Waals surface area contributed by atoms with Crippen molar-refractivity contribution in [3.05, 3.63) is 60.0 Å². The molecule has 4 atom stereocenters. The maximum absolute atomic E-state index is 13.9. The van der Waals surface area contributed by atoms with Crippen molar-refractivity contribution >= 4 is 21.8 Å². The Bertz CT molecular complexity index is 1220. The second kappa shape index (κ2) is 9.72. The Morgan fingerprint density at radius 2 is 1.94 bits per heavy atom. The van der Waals surface area contributed by atoms with E-state index in [1.54, 1.807) is 23.1 Å². The highest BCUT2D eigenvalue weighted by atomic mass is 79.9. The van der Waals surface area contributed by atoms with E-state index in [2.05, 4.69) is 31.1 Å². The third-order valence-corrected chi connectivity index (χ3v) is 7.06. The number of rotatable bonds is 7. The van der Waals surface area contributed by atoms with Crippen molar-refractivity contribution in [2.24, 2.45) is 5.92 Å². The Kier molecular flexibility index (Phi) is 6.62. The van der Waals surface area contributed by atoms with E-state index in [9.17, 15) is 18.0 Å². The molecule has 3 heterocycles. The molecule has 3 aromatic rings. The van der Waals surface area contributed by atoms with Crippen molar-refractivity contribution in [3.63, 3.8) is 0 Å². The molecule has 2 aliphatic rings. The van der Waals surface area contributed by atoms with Crippen LogP contribution in [0.3, 0.4) is 0 Å². The number of piperidine rings is 1. The number of carbonyl (C=O) groups excluding carboxylic acids is 1. The van der Waals surface area contributed by atoms with Gasteiger partial charge in [0.05, 0.1) is 41.9 Å². The number of nitrogens with zero attached hydrogens (tertiary/aromatic N) is 5. The number of pyridine rings is 1. The summed E-state index contributed by atoms with van der Waals surface area (Å²) in [7, 11) is 0. The van der Waals surface area contributed by atoms with Gasteiger partial charge in [0, 0.05) is 23.6 Å². The lowest BCUT2D eigenvalue weighted by Gasteiger charge is -2.38. The minimum atomic E-state index is -4.47. The number of aromatic nitrogens is 4. The number of likely N-dealkylation sites (tertiary alicyclic amines) is 1. The molecule has 36 heavy (non-hydrogen) atoms. The molecule has 0 radical (unpaired) electrons. The van der Waals surface area contributed by atoms with Crippen molar-refractivity contribution in [2.75, 3.05) is 11.9 Å². The summed E-state index contributed by atoms with van der Waals surface area (Å²) in [5.41, 5.74) is 0.0760. The summed E-state index contributed by atoms with van der Waals surface area (Å²) in [6, 6.07) is 7.09. The molecule has 2 fully saturated rings. The van der Waals surface area contributed by atoms with Gasteiger partial charge in [-0.25, -0.2) is 4.98 Å².